The van der Waals surface area contributed by atoms with Crippen LogP contribution < -0.4 is 0 Å². The van der Waals surface area contributed by atoms with Crippen molar-refractivity contribution in [1.82, 2.24) is 15.1 Å². The average molecular weight is 251 g/mol. The number of aromatic nitrogens is 2. The number of H-pyrrole nitrogens is 1. The van der Waals surface area contributed by atoms with E-state index in [-0.39, 0.29) is 12.0 Å². The second kappa shape index (κ2) is 6.54. The van der Waals surface area contributed by atoms with Crippen molar-refractivity contribution < 1.29 is 9.53 Å². The SMILES string of the molecule is CN(Cc1cn[nH]c1)C(=O)CCC1CCCCO1. The molecular weight excluding hydrogens is 230 g/mol. The van der Waals surface area contributed by atoms with Crippen LogP contribution in [0.1, 0.15) is 37.7 Å². The maximum atomic E-state index is 12.0. The van der Waals surface area contributed by atoms with E-state index in [0.29, 0.717) is 13.0 Å². The van der Waals surface area contributed by atoms with Crippen LogP contribution in [0.4, 0.5) is 0 Å². The molecule has 0 saturated carbocycles. The van der Waals surface area contributed by atoms with Crippen molar-refractivity contribution in [1.29, 1.82) is 0 Å². The monoisotopic (exact) mass is 251 g/mol. The van der Waals surface area contributed by atoms with Gasteiger partial charge >= 0.3 is 0 Å². The Morgan fingerprint density at radius 2 is 2.50 bits per heavy atom. The van der Waals surface area contributed by atoms with Crippen LogP contribution >= 0.6 is 0 Å². The van der Waals surface area contributed by atoms with E-state index < -0.39 is 0 Å². The third-order valence-corrected chi connectivity index (χ3v) is 3.35. The number of rotatable bonds is 5. The summed E-state index contributed by atoms with van der Waals surface area (Å²) in [5.41, 5.74) is 1.03. The largest absolute Gasteiger partial charge is 0.378 e. The highest BCUT2D eigenvalue weighted by Crippen LogP contribution is 2.17. The van der Waals surface area contributed by atoms with Gasteiger partial charge in [0.2, 0.25) is 5.91 Å². The van der Waals surface area contributed by atoms with Crippen molar-refractivity contribution >= 4 is 5.91 Å². The standard InChI is InChI=1S/C13H21N3O2/c1-16(10-11-8-14-15-9-11)13(17)6-5-12-4-2-3-7-18-12/h8-9,12H,2-7,10H2,1H3,(H,14,15). The third-order valence-electron chi connectivity index (χ3n) is 3.35. The lowest BCUT2D eigenvalue weighted by atomic mass is 10.0. The Balaban J connectivity index is 1.70. The van der Waals surface area contributed by atoms with Crippen molar-refractivity contribution in [2.24, 2.45) is 0 Å². The lowest BCUT2D eigenvalue weighted by molar-refractivity contribution is -0.131. The van der Waals surface area contributed by atoms with Crippen LogP contribution in [0, 0.1) is 0 Å². The first-order valence-corrected chi connectivity index (χ1v) is 6.59. The zero-order valence-corrected chi connectivity index (χ0v) is 10.9. The Kier molecular flexibility index (Phi) is 4.75. The van der Waals surface area contributed by atoms with Crippen LogP contribution in [-0.4, -0.2) is 40.8 Å². The molecule has 1 unspecified atom stereocenters. The molecule has 1 aliphatic rings. The molecule has 0 bridgehead atoms. The predicted octanol–water partition coefficient (Wildman–Crippen LogP) is 1.72. The summed E-state index contributed by atoms with van der Waals surface area (Å²) in [5.74, 6) is 0.172. The molecule has 0 aliphatic carbocycles. The smallest absolute Gasteiger partial charge is 0.222 e. The fraction of sp³-hybridized carbons (Fsp3) is 0.692. The molecule has 5 nitrogen and oxygen atoms in total. The Hall–Kier alpha value is -1.36. The number of hydrogen-bond acceptors (Lipinski definition) is 3. The molecule has 2 heterocycles. The first-order valence-electron chi connectivity index (χ1n) is 6.59. The van der Waals surface area contributed by atoms with Crippen LogP contribution in [0.5, 0.6) is 0 Å². The minimum atomic E-state index is 0.172. The number of aromatic amines is 1. The van der Waals surface area contributed by atoms with Gasteiger partial charge in [0.05, 0.1) is 12.3 Å². The number of carbonyl (C=O) groups excluding carboxylic acids is 1. The lowest BCUT2D eigenvalue weighted by Crippen LogP contribution is -2.28. The molecule has 1 atom stereocenters. The molecule has 1 fully saturated rings. The molecule has 1 aromatic heterocycles. The number of nitrogens with one attached hydrogen (secondary N) is 1. The Labute approximate surface area is 108 Å². The summed E-state index contributed by atoms with van der Waals surface area (Å²) < 4.78 is 5.63. The molecule has 1 N–H and O–H groups in total. The van der Waals surface area contributed by atoms with Gasteiger partial charge in [0.15, 0.2) is 0 Å². The van der Waals surface area contributed by atoms with Gasteiger partial charge < -0.3 is 9.64 Å². The highest BCUT2D eigenvalue weighted by molar-refractivity contribution is 5.75. The molecule has 1 saturated heterocycles. The third kappa shape index (κ3) is 3.84. The van der Waals surface area contributed by atoms with E-state index in [2.05, 4.69) is 10.2 Å². The van der Waals surface area contributed by atoms with Crippen molar-refractivity contribution in [3.05, 3.63) is 18.0 Å². The molecular formula is C13H21N3O2. The number of hydrogen-bond donors (Lipinski definition) is 1. The fourth-order valence-corrected chi connectivity index (χ4v) is 2.24. The normalized spacial score (nSPS) is 19.7. The summed E-state index contributed by atoms with van der Waals surface area (Å²) in [6.45, 7) is 1.46. The zero-order valence-electron chi connectivity index (χ0n) is 10.9. The van der Waals surface area contributed by atoms with Gasteiger partial charge in [0.25, 0.3) is 0 Å². The molecule has 0 radical (unpaired) electrons. The number of amides is 1. The Morgan fingerprint density at radius 3 is 3.17 bits per heavy atom. The van der Waals surface area contributed by atoms with Crippen LogP contribution in [-0.2, 0) is 16.1 Å². The van der Waals surface area contributed by atoms with Gasteiger partial charge in [0.1, 0.15) is 0 Å². The molecule has 100 valence electrons. The second-order valence-electron chi connectivity index (χ2n) is 4.88. The molecule has 0 spiro atoms. The predicted molar refractivity (Wildman–Crippen MR) is 67.9 cm³/mol. The van der Waals surface area contributed by atoms with Crippen LogP contribution in [0.15, 0.2) is 12.4 Å². The van der Waals surface area contributed by atoms with Crippen LogP contribution in [0.3, 0.4) is 0 Å². The summed E-state index contributed by atoms with van der Waals surface area (Å²) >= 11 is 0. The van der Waals surface area contributed by atoms with Gasteiger partial charge in [-0.15, -0.1) is 0 Å². The van der Waals surface area contributed by atoms with E-state index in [1.165, 1.54) is 6.42 Å². The van der Waals surface area contributed by atoms with Crippen LogP contribution in [0.2, 0.25) is 0 Å². The van der Waals surface area contributed by atoms with Crippen LogP contribution in [0.25, 0.3) is 0 Å². The number of carbonyl (C=O) groups is 1. The van der Waals surface area contributed by atoms with E-state index in [1.54, 1.807) is 11.1 Å². The van der Waals surface area contributed by atoms with Gasteiger partial charge in [-0.1, -0.05) is 0 Å². The first kappa shape index (κ1) is 13.1. The molecule has 1 aliphatic heterocycles. The molecule has 1 amide bonds. The summed E-state index contributed by atoms with van der Waals surface area (Å²) in [5, 5.41) is 6.62. The summed E-state index contributed by atoms with van der Waals surface area (Å²) in [6, 6.07) is 0. The molecule has 18 heavy (non-hydrogen) atoms. The fourth-order valence-electron chi connectivity index (χ4n) is 2.24. The van der Waals surface area contributed by atoms with Gasteiger partial charge in [-0.3, -0.25) is 9.89 Å². The highest BCUT2D eigenvalue weighted by atomic mass is 16.5. The molecule has 1 aromatic rings. The van der Waals surface area contributed by atoms with Gasteiger partial charge in [-0.05, 0) is 25.7 Å². The number of ether oxygens (including phenoxy) is 1. The molecule has 2 rings (SSSR count). The quantitative estimate of drug-likeness (QED) is 0.866. The summed E-state index contributed by atoms with van der Waals surface area (Å²) in [7, 11) is 1.83. The first-order chi connectivity index (χ1) is 8.75. The topological polar surface area (TPSA) is 58.2 Å². The van der Waals surface area contributed by atoms with Gasteiger partial charge in [0, 0.05) is 38.4 Å². The van der Waals surface area contributed by atoms with Crippen molar-refractivity contribution in [3.63, 3.8) is 0 Å². The Bertz CT molecular complexity index is 358. The molecule has 5 heteroatoms. The summed E-state index contributed by atoms with van der Waals surface area (Å²) in [4.78, 5) is 13.7. The van der Waals surface area contributed by atoms with Crippen molar-refractivity contribution in [2.75, 3.05) is 13.7 Å². The highest BCUT2D eigenvalue weighted by Gasteiger charge is 2.17. The minimum absolute atomic E-state index is 0.172. The minimum Gasteiger partial charge on any atom is -0.378 e. The maximum Gasteiger partial charge on any atom is 0.222 e. The number of nitrogens with zero attached hydrogens (tertiary/aromatic N) is 2. The van der Waals surface area contributed by atoms with E-state index in [1.807, 2.05) is 13.2 Å². The van der Waals surface area contributed by atoms with Crippen molar-refractivity contribution in [3.8, 4) is 0 Å². The van der Waals surface area contributed by atoms with Crippen molar-refractivity contribution in [2.45, 2.75) is 44.8 Å². The maximum absolute atomic E-state index is 12.0. The molecule has 0 aromatic carbocycles. The summed E-state index contributed by atoms with van der Waals surface area (Å²) in [6.07, 6.45) is 8.73. The van der Waals surface area contributed by atoms with E-state index in [9.17, 15) is 4.79 Å². The van der Waals surface area contributed by atoms with Gasteiger partial charge in [-0.2, -0.15) is 5.10 Å². The lowest BCUT2D eigenvalue weighted by Gasteiger charge is -2.23. The second-order valence-corrected chi connectivity index (χ2v) is 4.88. The van der Waals surface area contributed by atoms with E-state index >= 15 is 0 Å². The zero-order chi connectivity index (χ0) is 12.8. The van der Waals surface area contributed by atoms with E-state index in [4.69, 9.17) is 4.74 Å². The van der Waals surface area contributed by atoms with Gasteiger partial charge in [-0.25, -0.2) is 0 Å². The Morgan fingerprint density at radius 1 is 1.61 bits per heavy atom. The van der Waals surface area contributed by atoms with E-state index in [0.717, 1.165) is 31.4 Å². The average Bonchev–Trinajstić information content (AvgIpc) is 2.90.